The molecule has 1 N–H and O–H groups in total. The molecule has 2 amide bonds. The van der Waals surface area contributed by atoms with E-state index in [0.717, 1.165) is 0 Å². The van der Waals surface area contributed by atoms with Gasteiger partial charge in [0.15, 0.2) is 0 Å². The molecule has 100 valence electrons. The zero-order chi connectivity index (χ0) is 13.4. The standard InChI is InChI=1S/C12H18N2O4/c1-3-14-10(15)4-9(11(14)16)13-5-7(2)8(6-13)12(17)18/h7-9H,3-6H2,1-2H3,(H,17,18)/t7-,8-,9?/m1/s1. The highest BCUT2D eigenvalue weighted by atomic mass is 16.4. The predicted octanol–water partition coefficient (Wildman–Crippen LogP) is -0.214. The molecule has 0 spiro atoms. The van der Waals surface area contributed by atoms with E-state index < -0.39 is 17.9 Å². The molecule has 2 aliphatic rings. The number of likely N-dealkylation sites (tertiary alicyclic amines) is 2. The maximum absolute atomic E-state index is 12.0. The number of aliphatic carboxylic acids is 1. The molecular weight excluding hydrogens is 236 g/mol. The van der Waals surface area contributed by atoms with Gasteiger partial charge in [0.2, 0.25) is 11.8 Å². The van der Waals surface area contributed by atoms with Crippen LogP contribution in [0.1, 0.15) is 20.3 Å². The molecule has 0 aromatic rings. The van der Waals surface area contributed by atoms with Gasteiger partial charge < -0.3 is 5.11 Å². The largest absolute Gasteiger partial charge is 0.481 e. The third kappa shape index (κ3) is 2.01. The van der Waals surface area contributed by atoms with Crippen molar-refractivity contribution in [3.8, 4) is 0 Å². The number of amides is 2. The first-order valence-electron chi connectivity index (χ1n) is 6.26. The Kier molecular flexibility index (Phi) is 3.38. The minimum absolute atomic E-state index is 0.0149. The lowest BCUT2D eigenvalue weighted by Crippen LogP contribution is -2.41. The second-order valence-electron chi connectivity index (χ2n) is 5.07. The van der Waals surface area contributed by atoms with E-state index in [1.54, 1.807) is 6.92 Å². The zero-order valence-corrected chi connectivity index (χ0v) is 10.6. The van der Waals surface area contributed by atoms with Crippen LogP contribution in [0, 0.1) is 11.8 Å². The molecular formula is C12H18N2O4. The van der Waals surface area contributed by atoms with Crippen LogP contribution < -0.4 is 0 Å². The summed E-state index contributed by atoms with van der Waals surface area (Å²) < 4.78 is 0. The van der Waals surface area contributed by atoms with E-state index in [1.807, 2.05) is 11.8 Å². The average molecular weight is 254 g/mol. The van der Waals surface area contributed by atoms with Gasteiger partial charge in [-0.05, 0) is 12.8 Å². The number of hydrogen-bond donors (Lipinski definition) is 1. The van der Waals surface area contributed by atoms with Gasteiger partial charge in [-0.25, -0.2) is 0 Å². The highest BCUT2D eigenvalue weighted by Crippen LogP contribution is 2.29. The molecule has 0 bridgehead atoms. The number of likely N-dealkylation sites (N-methyl/N-ethyl adjacent to an activating group) is 1. The molecule has 0 aliphatic carbocycles. The summed E-state index contributed by atoms with van der Waals surface area (Å²) >= 11 is 0. The summed E-state index contributed by atoms with van der Waals surface area (Å²) in [7, 11) is 0. The van der Waals surface area contributed by atoms with Crippen molar-refractivity contribution in [2.75, 3.05) is 19.6 Å². The lowest BCUT2D eigenvalue weighted by molar-refractivity contribution is -0.143. The minimum Gasteiger partial charge on any atom is -0.481 e. The number of imide groups is 1. The van der Waals surface area contributed by atoms with Crippen molar-refractivity contribution >= 4 is 17.8 Å². The third-order valence-corrected chi connectivity index (χ3v) is 3.93. The van der Waals surface area contributed by atoms with Gasteiger partial charge in [-0.3, -0.25) is 24.2 Å². The Hall–Kier alpha value is -1.43. The van der Waals surface area contributed by atoms with Crippen LogP contribution in [0.4, 0.5) is 0 Å². The van der Waals surface area contributed by atoms with Crippen LogP contribution in [0.15, 0.2) is 0 Å². The summed E-state index contributed by atoms with van der Waals surface area (Å²) in [5, 5.41) is 9.07. The van der Waals surface area contributed by atoms with E-state index in [2.05, 4.69) is 0 Å². The number of nitrogens with zero attached hydrogens (tertiary/aromatic N) is 2. The topological polar surface area (TPSA) is 77.9 Å². The molecule has 2 rings (SSSR count). The highest BCUT2D eigenvalue weighted by Gasteiger charge is 2.46. The van der Waals surface area contributed by atoms with Crippen molar-refractivity contribution in [1.29, 1.82) is 0 Å². The molecule has 2 aliphatic heterocycles. The molecule has 1 unspecified atom stereocenters. The molecule has 0 aromatic heterocycles. The van der Waals surface area contributed by atoms with Gasteiger partial charge >= 0.3 is 5.97 Å². The summed E-state index contributed by atoms with van der Waals surface area (Å²) in [4.78, 5) is 37.8. The van der Waals surface area contributed by atoms with Gasteiger partial charge in [0.05, 0.1) is 18.4 Å². The van der Waals surface area contributed by atoms with Crippen molar-refractivity contribution in [1.82, 2.24) is 9.80 Å². The third-order valence-electron chi connectivity index (χ3n) is 3.93. The molecule has 0 aromatic carbocycles. The van der Waals surface area contributed by atoms with Crippen LogP contribution in [-0.4, -0.2) is 58.4 Å². The Morgan fingerprint density at radius 2 is 2.06 bits per heavy atom. The fraction of sp³-hybridized carbons (Fsp3) is 0.750. The maximum atomic E-state index is 12.0. The van der Waals surface area contributed by atoms with E-state index in [1.165, 1.54) is 4.90 Å². The second-order valence-corrected chi connectivity index (χ2v) is 5.07. The Bertz CT molecular complexity index is 396. The Balaban J connectivity index is 2.09. The summed E-state index contributed by atoms with van der Waals surface area (Å²) in [5.41, 5.74) is 0. The van der Waals surface area contributed by atoms with E-state index in [-0.39, 0.29) is 24.2 Å². The van der Waals surface area contributed by atoms with Crippen LogP contribution >= 0.6 is 0 Å². The smallest absolute Gasteiger partial charge is 0.308 e. The van der Waals surface area contributed by atoms with Crippen molar-refractivity contribution in [2.45, 2.75) is 26.3 Å². The van der Waals surface area contributed by atoms with E-state index >= 15 is 0 Å². The number of rotatable bonds is 3. The van der Waals surface area contributed by atoms with Gasteiger partial charge in [0, 0.05) is 19.6 Å². The number of carboxylic acids is 1. The normalized spacial score (nSPS) is 33.4. The number of hydrogen-bond acceptors (Lipinski definition) is 4. The maximum Gasteiger partial charge on any atom is 0.308 e. The summed E-state index contributed by atoms with van der Waals surface area (Å²) in [5.74, 6) is -1.58. The van der Waals surface area contributed by atoms with Crippen molar-refractivity contribution in [2.24, 2.45) is 11.8 Å². The van der Waals surface area contributed by atoms with Crippen LogP contribution in [0.5, 0.6) is 0 Å². The molecule has 2 fully saturated rings. The number of carbonyl (C=O) groups is 3. The van der Waals surface area contributed by atoms with Gasteiger partial charge in [0.1, 0.15) is 0 Å². The molecule has 2 saturated heterocycles. The molecule has 18 heavy (non-hydrogen) atoms. The number of carboxylic acid groups (broad SMARTS) is 1. The molecule has 6 nitrogen and oxygen atoms in total. The first kappa shape index (κ1) is 13.0. The summed E-state index contributed by atoms with van der Waals surface area (Å²) in [6.07, 6.45) is 0.186. The molecule has 0 radical (unpaired) electrons. The van der Waals surface area contributed by atoms with Crippen LogP contribution in [0.2, 0.25) is 0 Å². The molecule has 2 heterocycles. The summed E-state index contributed by atoms with van der Waals surface area (Å²) in [6, 6.07) is -0.454. The van der Waals surface area contributed by atoms with E-state index in [4.69, 9.17) is 5.11 Å². The average Bonchev–Trinajstić information content (AvgIpc) is 2.80. The van der Waals surface area contributed by atoms with Gasteiger partial charge in [-0.2, -0.15) is 0 Å². The fourth-order valence-electron chi connectivity index (χ4n) is 2.86. The summed E-state index contributed by atoms with van der Waals surface area (Å²) in [6.45, 7) is 4.96. The predicted molar refractivity (Wildman–Crippen MR) is 62.7 cm³/mol. The first-order chi connectivity index (χ1) is 8.45. The van der Waals surface area contributed by atoms with Gasteiger partial charge in [-0.15, -0.1) is 0 Å². The van der Waals surface area contributed by atoms with Crippen molar-refractivity contribution < 1.29 is 19.5 Å². The van der Waals surface area contributed by atoms with Crippen molar-refractivity contribution in [3.63, 3.8) is 0 Å². The zero-order valence-electron chi connectivity index (χ0n) is 10.6. The highest BCUT2D eigenvalue weighted by molar-refractivity contribution is 6.05. The first-order valence-corrected chi connectivity index (χ1v) is 6.26. The van der Waals surface area contributed by atoms with E-state index in [9.17, 15) is 14.4 Å². The molecule has 6 heteroatoms. The lowest BCUT2D eigenvalue weighted by atomic mass is 9.99. The minimum atomic E-state index is -0.825. The van der Waals surface area contributed by atoms with Crippen molar-refractivity contribution in [3.05, 3.63) is 0 Å². The SMILES string of the molecule is CCN1C(=O)CC(N2C[C@@H](C)[C@H](C(=O)O)C2)C1=O. The quantitative estimate of drug-likeness (QED) is 0.705. The second kappa shape index (κ2) is 4.68. The van der Waals surface area contributed by atoms with Gasteiger partial charge in [-0.1, -0.05) is 6.92 Å². The number of carbonyl (C=O) groups excluding carboxylic acids is 2. The molecule has 3 atom stereocenters. The lowest BCUT2D eigenvalue weighted by Gasteiger charge is -2.21. The fourth-order valence-corrected chi connectivity index (χ4v) is 2.86. The van der Waals surface area contributed by atoms with Crippen LogP contribution in [0.25, 0.3) is 0 Å². The van der Waals surface area contributed by atoms with Crippen LogP contribution in [0.3, 0.4) is 0 Å². The Labute approximate surface area is 106 Å². The van der Waals surface area contributed by atoms with Gasteiger partial charge in [0.25, 0.3) is 0 Å². The monoisotopic (exact) mass is 254 g/mol. The van der Waals surface area contributed by atoms with E-state index in [0.29, 0.717) is 19.6 Å². The Morgan fingerprint density at radius 3 is 2.50 bits per heavy atom. The molecule has 0 saturated carbocycles. The van der Waals surface area contributed by atoms with Crippen LogP contribution in [-0.2, 0) is 14.4 Å². The Morgan fingerprint density at radius 1 is 1.39 bits per heavy atom.